The lowest BCUT2D eigenvalue weighted by Gasteiger charge is -2.12. The van der Waals surface area contributed by atoms with Crippen LogP contribution in [0.15, 0.2) is 18.2 Å². The fourth-order valence-corrected chi connectivity index (χ4v) is 2.92. The third-order valence-electron chi connectivity index (χ3n) is 2.96. The Morgan fingerprint density at radius 1 is 1.22 bits per heavy atom. The summed E-state index contributed by atoms with van der Waals surface area (Å²) < 4.78 is 0. The van der Waals surface area contributed by atoms with Gasteiger partial charge >= 0.3 is 0 Å². The Morgan fingerprint density at radius 3 is 2.61 bits per heavy atom. The maximum atomic E-state index is 10.3. The van der Waals surface area contributed by atoms with Crippen molar-refractivity contribution in [3.63, 3.8) is 0 Å². The van der Waals surface area contributed by atoms with E-state index in [-0.39, 0.29) is 0 Å². The molecule has 0 spiro atoms. The second-order valence-electron chi connectivity index (χ2n) is 4.47. The normalized spacial score (nSPS) is 12.7. The van der Waals surface area contributed by atoms with Gasteiger partial charge in [-0.3, -0.25) is 0 Å². The zero-order chi connectivity index (χ0) is 13.1. The fraction of sp³-hybridized carbons (Fsp3) is 0.429. The van der Waals surface area contributed by atoms with Crippen molar-refractivity contribution in [1.82, 2.24) is 10.2 Å². The van der Waals surface area contributed by atoms with E-state index in [0.29, 0.717) is 6.42 Å². The quantitative estimate of drug-likeness (QED) is 0.921. The molecular formula is C14H18N2OS. The summed E-state index contributed by atoms with van der Waals surface area (Å²) in [5, 5.41) is 18.3. The third kappa shape index (κ3) is 2.94. The molecule has 1 unspecified atom stereocenters. The first-order valence-corrected chi connectivity index (χ1v) is 6.98. The molecule has 1 N–H and O–H groups in total. The van der Waals surface area contributed by atoms with Gasteiger partial charge in [-0.25, -0.2) is 0 Å². The zero-order valence-corrected chi connectivity index (χ0v) is 11.8. The molecule has 0 aliphatic rings. The lowest BCUT2D eigenvalue weighted by Crippen LogP contribution is -2.06. The Hall–Kier alpha value is -1.26. The summed E-state index contributed by atoms with van der Waals surface area (Å²) in [6.45, 7) is 5.92. The Morgan fingerprint density at radius 2 is 1.94 bits per heavy atom. The number of aromatic nitrogens is 2. The van der Waals surface area contributed by atoms with Gasteiger partial charge in [-0.15, -0.1) is 11.3 Å². The summed E-state index contributed by atoms with van der Waals surface area (Å²) in [7, 11) is 0. The first-order valence-electron chi connectivity index (χ1n) is 6.16. The van der Waals surface area contributed by atoms with Crippen LogP contribution in [0.4, 0.5) is 0 Å². The Bertz CT molecular complexity index is 536. The van der Waals surface area contributed by atoms with Gasteiger partial charge in [-0.05, 0) is 38.5 Å². The highest BCUT2D eigenvalue weighted by atomic mass is 32.1. The number of rotatable bonds is 4. The van der Waals surface area contributed by atoms with E-state index in [1.807, 2.05) is 19.9 Å². The molecule has 0 fully saturated rings. The van der Waals surface area contributed by atoms with E-state index in [0.717, 1.165) is 23.4 Å². The molecule has 0 bridgehead atoms. The molecule has 0 radical (unpaired) electrons. The highest BCUT2D eigenvalue weighted by Gasteiger charge is 2.14. The van der Waals surface area contributed by atoms with Crippen LogP contribution in [0.5, 0.6) is 0 Å². The SMILES string of the molecule is CCc1ccc(CC(O)c2cc(C)nnc2C)s1. The standard InChI is InChI=1S/C14H18N2OS/c1-4-11-5-6-12(18-11)8-14(17)13-7-9(2)15-16-10(13)3/h5-7,14,17H,4,8H2,1-3H3. The van der Waals surface area contributed by atoms with Gasteiger partial charge in [0, 0.05) is 21.7 Å². The molecule has 2 heterocycles. The highest BCUT2D eigenvalue weighted by Crippen LogP contribution is 2.25. The largest absolute Gasteiger partial charge is 0.388 e. The summed E-state index contributed by atoms with van der Waals surface area (Å²) in [5.41, 5.74) is 2.53. The molecule has 0 aliphatic carbocycles. The van der Waals surface area contributed by atoms with Crippen LogP contribution in [-0.2, 0) is 12.8 Å². The van der Waals surface area contributed by atoms with Crippen LogP contribution in [0, 0.1) is 13.8 Å². The second kappa shape index (κ2) is 5.59. The average Bonchev–Trinajstić information content (AvgIpc) is 2.80. The molecule has 0 amide bonds. The number of hydrogen-bond acceptors (Lipinski definition) is 4. The van der Waals surface area contributed by atoms with Gasteiger partial charge in [-0.2, -0.15) is 10.2 Å². The maximum absolute atomic E-state index is 10.3. The van der Waals surface area contributed by atoms with Crippen molar-refractivity contribution in [2.75, 3.05) is 0 Å². The molecule has 96 valence electrons. The second-order valence-corrected chi connectivity index (χ2v) is 5.72. The van der Waals surface area contributed by atoms with Crippen LogP contribution in [0.2, 0.25) is 0 Å². The highest BCUT2D eigenvalue weighted by molar-refractivity contribution is 7.11. The minimum Gasteiger partial charge on any atom is -0.388 e. The summed E-state index contributed by atoms with van der Waals surface area (Å²) in [6.07, 6.45) is 1.20. The van der Waals surface area contributed by atoms with Crippen LogP contribution >= 0.6 is 11.3 Å². The smallest absolute Gasteiger partial charge is 0.0857 e. The maximum Gasteiger partial charge on any atom is 0.0857 e. The van der Waals surface area contributed by atoms with Crippen molar-refractivity contribution in [2.45, 2.75) is 39.7 Å². The predicted octanol–water partition coefficient (Wildman–Crippen LogP) is 2.99. The Labute approximate surface area is 112 Å². The molecule has 2 rings (SSSR count). The number of thiophene rings is 1. The molecule has 0 aromatic carbocycles. The first-order chi connectivity index (χ1) is 8.60. The molecule has 1 atom stereocenters. The van der Waals surface area contributed by atoms with Gasteiger partial charge in [-0.1, -0.05) is 6.92 Å². The fourth-order valence-electron chi connectivity index (χ4n) is 1.93. The number of nitrogens with zero attached hydrogens (tertiary/aromatic N) is 2. The van der Waals surface area contributed by atoms with Crippen molar-refractivity contribution in [2.24, 2.45) is 0 Å². The summed E-state index contributed by atoms with van der Waals surface area (Å²) in [6, 6.07) is 6.15. The molecule has 2 aromatic rings. The topological polar surface area (TPSA) is 46.0 Å². The minimum absolute atomic E-state index is 0.498. The van der Waals surface area contributed by atoms with Gasteiger partial charge in [0.25, 0.3) is 0 Å². The van der Waals surface area contributed by atoms with E-state index in [2.05, 4.69) is 29.3 Å². The van der Waals surface area contributed by atoms with Crippen LogP contribution in [0.1, 0.15) is 39.7 Å². The lowest BCUT2D eigenvalue weighted by atomic mass is 10.0. The van der Waals surface area contributed by atoms with E-state index in [1.54, 1.807) is 11.3 Å². The molecule has 3 nitrogen and oxygen atoms in total. The summed E-state index contributed by atoms with van der Waals surface area (Å²) >= 11 is 1.77. The van der Waals surface area contributed by atoms with Gasteiger partial charge in [0.1, 0.15) is 0 Å². The monoisotopic (exact) mass is 262 g/mol. The van der Waals surface area contributed by atoms with Gasteiger partial charge in [0.05, 0.1) is 17.5 Å². The van der Waals surface area contributed by atoms with E-state index < -0.39 is 6.10 Å². The number of aliphatic hydroxyl groups excluding tert-OH is 1. The van der Waals surface area contributed by atoms with Crippen molar-refractivity contribution in [1.29, 1.82) is 0 Å². The molecule has 18 heavy (non-hydrogen) atoms. The third-order valence-corrected chi connectivity index (χ3v) is 4.21. The average molecular weight is 262 g/mol. The minimum atomic E-state index is -0.498. The molecule has 0 saturated heterocycles. The molecular weight excluding hydrogens is 244 g/mol. The molecule has 0 aliphatic heterocycles. The van der Waals surface area contributed by atoms with E-state index in [4.69, 9.17) is 0 Å². The lowest BCUT2D eigenvalue weighted by molar-refractivity contribution is 0.178. The first kappa shape index (κ1) is 13.2. The summed E-state index contributed by atoms with van der Waals surface area (Å²) in [4.78, 5) is 2.58. The number of aryl methyl sites for hydroxylation is 3. The van der Waals surface area contributed by atoms with Crippen LogP contribution in [0.25, 0.3) is 0 Å². The van der Waals surface area contributed by atoms with Crippen LogP contribution in [0.3, 0.4) is 0 Å². The van der Waals surface area contributed by atoms with E-state index in [9.17, 15) is 5.11 Å². The Kier molecular flexibility index (Phi) is 4.09. The predicted molar refractivity (Wildman–Crippen MR) is 73.9 cm³/mol. The van der Waals surface area contributed by atoms with E-state index >= 15 is 0 Å². The van der Waals surface area contributed by atoms with Crippen molar-refractivity contribution in [3.8, 4) is 0 Å². The Balaban J connectivity index is 2.16. The van der Waals surface area contributed by atoms with Gasteiger partial charge in [0.2, 0.25) is 0 Å². The van der Waals surface area contributed by atoms with Crippen molar-refractivity contribution < 1.29 is 5.11 Å². The van der Waals surface area contributed by atoms with Gasteiger partial charge < -0.3 is 5.11 Å². The number of aliphatic hydroxyl groups is 1. The van der Waals surface area contributed by atoms with Crippen molar-refractivity contribution >= 4 is 11.3 Å². The van der Waals surface area contributed by atoms with Crippen LogP contribution in [-0.4, -0.2) is 15.3 Å². The number of hydrogen-bond donors (Lipinski definition) is 1. The van der Waals surface area contributed by atoms with E-state index in [1.165, 1.54) is 9.75 Å². The molecule has 4 heteroatoms. The van der Waals surface area contributed by atoms with Crippen molar-refractivity contribution in [3.05, 3.63) is 44.9 Å². The zero-order valence-electron chi connectivity index (χ0n) is 11.0. The van der Waals surface area contributed by atoms with Crippen LogP contribution < -0.4 is 0 Å². The van der Waals surface area contributed by atoms with Gasteiger partial charge in [0.15, 0.2) is 0 Å². The molecule has 0 saturated carbocycles. The molecule has 2 aromatic heterocycles. The summed E-state index contributed by atoms with van der Waals surface area (Å²) in [5.74, 6) is 0.